The third-order valence-electron chi connectivity index (χ3n) is 5.46. The van der Waals surface area contributed by atoms with E-state index in [0.717, 1.165) is 42.5 Å². The summed E-state index contributed by atoms with van der Waals surface area (Å²) in [4.78, 5) is 25.1. The van der Waals surface area contributed by atoms with E-state index in [-0.39, 0.29) is 11.9 Å². The number of aromatic amines is 1. The number of benzene rings is 1. The lowest BCUT2D eigenvalue weighted by Crippen LogP contribution is -2.38. The molecule has 28 heavy (non-hydrogen) atoms. The van der Waals surface area contributed by atoms with Crippen LogP contribution >= 0.6 is 0 Å². The molecule has 2 atom stereocenters. The van der Waals surface area contributed by atoms with Crippen LogP contribution in [0.4, 0.5) is 0 Å². The van der Waals surface area contributed by atoms with E-state index in [0.29, 0.717) is 36.3 Å². The molecule has 1 aliphatic carbocycles. The third kappa shape index (κ3) is 3.28. The zero-order valence-electron chi connectivity index (χ0n) is 15.5. The Balaban J connectivity index is 1.28. The fourth-order valence-electron chi connectivity index (χ4n) is 4.06. The summed E-state index contributed by atoms with van der Waals surface area (Å²) in [6, 6.07) is 9.90. The molecule has 1 fully saturated rings. The number of ether oxygens (including phenoxy) is 2. The normalized spacial score (nSPS) is 21.4. The van der Waals surface area contributed by atoms with Crippen molar-refractivity contribution >= 4 is 16.9 Å². The second kappa shape index (κ2) is 7.14. The summed E-state index contributed by atoms with van der Waals surface area (Å²) in [5.41, 5.74) is 2.55. The molecular weight excluding hydrogens is 356 g/mol. The molecule has 2 aliphatic rings. The summed E-state index contributed by atoms with van der Waals surface area (Å²) < 4.78 is 10.9. The first-order valence-corrected chi connectivity index (χ1v) is 9.77. The molecule has 0 radical (unpaired) electrons. The average Bonchev–Trinajstić information content (AvgIpc) is 3.18. The Labute approximate surface area is 162 Å². The van der Waals surface area contributed by atoms with Gasteiger partial charge in [-0.15, -0.1) is 0 Å². The van der Waals surface area contributed by atoms with Crippen LogP contribution in [-0.4, -0.2) is 40.1 Å². The summed E-state index contributed by atoms with van der Waals surface area (Å²) in [5, 5.41) is 3.16. The van der Waals surface area contributed by atoms with E-state index < -0.39 is 0 Å². The number of rotatable bonds is 3. The maximum absolute atomic E-state index is 12.7. The van der Waals surface area contributed by atoms with Gasteiger partial charge < -0.3 is 19.8 Å². The van der Waals surface area contributed by atoms with Crippen molar-refractivity contribution in [3.63, 3.8) is 0 Å². The Morgan fingerprint density at radius 2 is 2.07 bits per heavy atom. The van der Waals surface area contributed by atoms with Gasteiger partial charge in [0.2, 0.25) is 0 Å². The van der Waals surface area contributed by atoms with Gasteiger partial charge in [-0.1, -0.05) is 18.6 Å². The fraction of sp³-hybridized carbons (Fsp3) is 0.381. The number of hydrogen-bond donors (Lipinski definition) is 2. The van der Waals surface area contributed by atoms with Gasteiger partial charge in [-0.25, -0.2) is 9.97 Å². The van der Waals surface area contributed by atoms with Crippen LogP contribution in [0.1, 0.15) is 47.8 Å². The molecule has 3 heterocycles. The average molecular weight is 378 g/mol. The van der Waals surface area contributed by atoms with Crippen LogP contribution in [-0.2, 0) is 0 Å². The Kier molecular flexibility index (Phi) is 4.35. The minimum absolute atomic E-state index is 0.118. The van der Waals surface area contributed by atoms with Gasteiger partial charge in [0, 0.05) is 24.2 Å². The zero-order valence-corrected chi connectivity index (χ0v) is 15.5. The fourth-order valence-corrected chi connectivity index (χ4v) is 4.06. The Hall–Kier alpha value is -3.09. The number of hydrogen-bond acceptors (Lipinski definition) is 5. The monoisotopic (exact) mass is 378 g/mol. The Morgan fingerprint density at radius 1 is 1.18 bits per heavy atom. The lowest BCUT2D eigenvalue weighted by Gasteiger charge is -2.28. The minimum Gasteiger partial charge on any atom is -0.484 e. The maximum Gasteiger partial charge on any atom is 0.257 e. The van der Waals surface area contributed by atoms with Gasteiger partial charge >= 0.3 is 0 Å². The molecule has 0 spiro atoms. The van der Waals surface area contributed by atoms with Crippen molar-refractivity contribution in [2.45, 2.75) is 37.6 Å². The van der Waals surface area contributed by atoms with Crippen LogP contribution in [0.2, 0.25) is 0 Å². The third-order valence-corrected chi connectivity index (χ3v) is 5.46. The van der Waals surface area contributed by atoms with E-state index in [2.05, 4.69) is 15.3 Å². The number of nitrogens with one attached hydrogen (secondary N) is 2. The predicted molar refractivity (Wildman–Crippen MR) is 104 cm³/mol. The number of nitrogens with zero attached hydrogens (tertiary/aromatic N) is 2. The standard InChI is InChI=1S/C21H22N4O3/c26-20(14-11-18-21(22-12-14)28-9-8-27-18)23-15-5-3-4-13(10-15)19-24-16-6-1-2-7-17(16)25-19/h1-2,6-7,11-13,15H,3-5,8-10H2,(H,23,26)(H,24,25)/t13-,15+/m0/s1. The molecule has 1 saturated carbocycles. The summed E-state index contributed by atoms with van der Waals surface area (Å²) in [6.07, 6.45) is 5.54. The number of carbonyl (C=O) groups excluding carboxylic acids is 1. The first-order valence-electron chi connectivity index (χ1n) is 9.77. The number of carbonyl (C=O) groups is 1. The highest BCUT2D eigenvalue weighted by Gasteiger charge is 2.27. The Bertz CT molecular complexity index is 983. The largest absolute Gasteiger partial charge is 0.484 e. The van der Waals surface area contributed by atoms with Crippen LogP contribution in [0, 0.1) is 0 Å². The molecule has 1 amide bonds. The number of fused-ring (bicyclic) bond motifs is 2. The van der Waals surface area contributed by atoms with Gasteiger partial charge in [0.25, 0.3) is 11.8 Å². The summed E-state index contributed by atoms with van der Waals surface area (Å²) >= 11 is 0. The molecule has 5 rings (SSSR count). The second-order valence-electron chi connectivity index (χ2n) is 7.40. The van der Waals surface area contributed by atoms with Crippen LogP contribution < -0.4 is 14.8 Å². The van der Waals surface area contributed by atoms with Crippen molar-refractivity contribution in [1.82, 2.24) is 20.3 Å². The molecule has 7 nitrogen and oxygen atoms in total. The molecule has 0 bridgehead atoms. The molecule has 0 unspecified atom stereocenters. The lowest BCUT2D eigenvalue weighted by molar-refractivity contribution is 0.0922. The van der Waals surface area contributed by atoms with E-state index in [4.69, 9.17) is 14.5 Å². The number of imidazole rings is 1. The molecule has 0 saturated heterocycles. The van der Waals surface area contributed by atoms with Crippen molar-refractivity contribution in [3.8, 4) is 11.6 Å². The van der Waals surface area contributed by atoms with E-state index in [9.17, 15) is 4.79 Å². The molecule has 7 heteroatoms. The van der Waals surface area contributed by atoms with E-state index >= 15 is 0 Å². The molecule has 144 valence electrons. The van der Waals surface area contributed by atoms with Crippen molar-refractivity contribution in [2.75, 3.05) is 13.2 Å². The van der Waals surface area contributed by atoms with Crippen LogP contribution in [0.25, 0.3) is 11.0 Å². The smallest absolute Gasteiger partial charge is 0.257 e. The minimum atomic E-state index is -0.125. The highest BCUT2D eigenvalue weighted by molar-refractivity contribution is 5.94. The van der Waals surface area contributed by atoms with E-state index in [1.54, 1.807) is 12.3 Å². The van der Waals surface area contributed by atoms with Gasteiger partial charge in [0.1, 0.15) is 19.0 Å². The van der Waals surface area contributed by atoms with Gasteiger partial charge in [-0.2, -0.15) is 0 Å². The van der Waals surface area contributed by atoms with E-state index in [1.807, 2.05) is 24.3 Å². The molecule has 2 aromatic heterocycles. The predicted octanol–water partition coefficient (Wildman–Crippen LogP) is 3.19. The van der Waals surface area contributed by atoms with Crippen molar-refractivity contribution in [3.05, 3.63) is 47.9 Å². The number of H-pyrrole nitrogens is 1. The second-order valence-corrected chi connectivity index (χ2v) is 7.40. The van der Waals surface area contributed by atoms with Gasteiger partial charge in [0.05, 0.1) is 16.6 Å². The first kappa shape index (κ1) is 17.0. The lowest BCUT2D eigenvalue weighted by atomic mass is 9.85. The molecular formula is C21H22N4O3. The molecule has 1 aliphatic heterocycles. The summed E-state index contributed by atoms with van der Waals surface area (Å²) in [5.74, 6) is 2.19. The number of aromatic nitrogens is 3. The van der Waals surface area contributed by atoms with Gasteiger partial charge in [0.15, 0.2) is 5.75 Å². The molecule has 3 aromatic rings. The molecule has 1 aromatic carbocycles. The van der Waals surface area contributed by atoms with Crippen LogP contribution in [0.5, 0.6) is 11.6 Å². The van der Waals surface area contributed by atoms with Crippen LogP contribution in [0.15, 0.2) is 36.5 Å². The maximum atomic E-state index is 12.7. The molecule has 2 N–H and O–H groups in total. The highest BCUT2D eigenvalue weighted by Crippen LogP contribution is 2.33. The van der Waals surface area contributed by atoms with E-state index in [1.165, 1.54) is 0 Å². The zero-order chi connectivity index (χ0) is 18.9. The van der Waals surface area contributed by atoms with Crippen LogP contribution in [0.3, 0.4) is 0 Å². The summed E-state index contributed by atoms with van der Waals surface area (Å²) in [7, 11) is 0. The quantitative estimate of drug-likeness (QED) is 0.731. The number of para-hydroxylation sites is 2. The first-order chi connectivity index (χ1) is 13.8. The SMILES string of the molecule is O=C(N[C@@H]1CCC[C@H](c2nc3ccccc3[nH]2)C1)c1cnc2c(c1)OCCO2. The van der Waals surface area contributed by atoms with Gasteiger partial charge in [-0.3, -0.25) is 4.79 Å². The number of amides is 1. The highest BCUT2D eigenvalue weighted by atomic mass is 16.6. The van der Waals surface area contributed by atoms with Crippen molar-refractivity contribution < 1.29 is 14.3 Å². The van der Waals surface area contributed by atoms with Crippen molar-refractivity contribution in [1.29, 1.82) is 0 Å². The van der Waals surface area contributed by atoms with Crippen molar-refractivity contribution in [2.24, 2.45) is 0 Å². The summed E-state index contributed by atoms with van der Waals surface area (Å²) in [6.45, 7) is 0.957. The Morgan fingerprint density at radius 3 is 3.00 bits per heavy atom. The topological polar surface area (TPSA) is 89.1 Å². The number of pyridine rings is 1. The van der Waals surface area contributed by atoms with Gasteiger partial charge in [-0.05, 0) is 31.4 Å².